The number of rotatable bonds is 4. The van der Waals surface area contributed by atoms with Crippen LogP contribution < -0.4 is 10.9 Å². The van der Waals surface area contributed by atoms with Crippen LogP contribution in [0.2, 0.25) is 0 Å². The molecule has 0 radical (unpaired) electrons. The third kappa shape index (κ3) is 2.98. The Kier molecular flexibility index (Phi) is 4.29. The average Bonchev–Trinajstić information content (AvgIpc) is 3.01. The first-order chi connectivity index (χ1) is 13.4. The second kappa shape index (κ2) is 6.66. The monoisotopic (exact) mass is 385 g/mol. The third-order valence-corrected chi connectivity index (χ3v) is 5.39. The molecule has 0 spiro atoms. The largest absolute Gasteiger partial charge is 0.501 e. The predicted molar refractivity (Wildman–Crippen MR) is 95.9 cm³/mol. The summed E-state index contributed by atoms with van der Waals surface area (Å²) < 4.78 is 6.56. The van der Waals surface area contributed by atoms with Crippen LogP contribution in [0, 0.1) is 5.92 Å². The number of fused-ring (bicyclic) bond motifs is 4. The predicted octanol–water partition coefficient (Wildman–Crippen LogP) is 1.58. The maximum Gasteiger partial charge on any atom is 0.408 e. The summed E-state index contributed by atoms with van der Waals surface area (Å²) >= 11 is 0. The molecule has 1 saturated carbocycles. The van der Waals surface area contributed by atoms with E-state index < -0.39 is 34.6 Å². The van der Waals surface area contributed by atoms with Crippen molar-refractivity contribution in [2.75, 3.05) is 0 Å². The van der Waals surface area contributed by atoms with Crippen molar-refractivity contribution < 1.29 is 24.5 Å². The van der Waals surface area contributed by atoms with Gasteiger partial charge in [-0.1, -0.05) is 30.3 Å². The van der Waals surface area contributed by atoms with E-state index in [1.807, 2.05) is 30.3 Å². The highest BCUT2D eigenvalue weighted by molar-refractivity contribution is 5.88. The van der Waals surface area contributed by atoms with Gasteiger partial charge in [0.05, 0.1) is 0 Å². The minimum atomic E-state index is -1.50. The van der Waals surface area contributed by atoms with Crippen LogP contribution in [0.1, 0.15) is 41.1 Å². The van der Waals surface area contributed by atoms with E-state index >= 15 is 0 Å². The zero-order chi connectivity index (χ0) is 19.9. The number of aromatic carboxylic acids is 1. The topological polar surface area (TPSA) is 131 Å². The first kappa shape index (κ1) is 18.0. The van der Waals surface area contributed by atoms with Crippen molar-refractivity contribution in [1.29, 1.82) is 0 Å². The number of aromatic nitrogens is 2. The Morgan fingerprint density at radius 3 is 2.79 bits per heavy atom. The lowest BCUT2D eigenvalue weighted by molar-refractivity contribution is 0.0684. The number of nitrogens with one attached hydrogen (secondary N) is 1. The Bertz CT molecular complexity index is 1000. The van der Waals surface area contributed by atoms with Crippen molar-refractivity contribution in [1.82, 2.24) is 14.9 Å². The molecule has 0 saturated heterocycles. The van der Waals surface area contributed by atoms with Gasteiger partial charge in [-0.3, -0.25) is 9.36 Å². The van der Waals surface area contributed by atoms with E-state index in [2.05, 4.69) is 10.3 Å². The summed E-state index contributed by atoms with van der Waals surface area (Å²) in [4.78, 5) is 40.3. The highest BCUT2D eigenvalue weighted by atomic mass is 16.5. The van der Waals surface area contributed by atoms with E-state index in [0.29, 0.717) is 19.4 Å². The number of benzene rings is 1. The minimum absolute atomic E-state index is 0.0857. The summed E-state index contributed by atoms with van der Waals surface area (Å²) in [6, 6.07) is 9.19. The summed E-state index contributed by atoms with van der Waals surface area (Å²) in [6.07, 6.45) is 1.11. The molecule has 146 valence electrons. The number of carboxylic acids is 1. The lowest BCUT2D eigenvalue weighted by atomic mass is 9.91. The Morgan fingerprint density at radius 1 is 1.32 bits per heavy atom. The number of carboxylic acid groups (broad SMARTS) is 1. The molecule has 2 bridgehead atoms. The number of hydrogen-bond donors (Lipinski definition) is 3. The van der Waals surface area contributed by atoms with Crippen LogP contribution in [0.15, 0.2) is 35.1 Å². The van der Waals surface area contributed by atoms with E-state index in [1.165, 1.54) is 4.57 Å². The van der Waals surface area contributed by atoms with Gasteiger partial charge in [0.25, 0.3) is 5.56 Å². The molecule has 9 nitrogen and oxygen atoms in total. The molecule has 2 atom stereocenters. The first-order valence-corrected chi connectivity index (χ1v) is 8.96. The van der Waals surface area contributed by atoms with Gasteiger partial charge in [-0.2, -0.15) is 0 Å². The van der Waals surface area contributed by atoms with E-state index in [1.54, 1.807) is 0 Å². The number of carbonyl (C=O) groups is 2. The van der Waals surface area contributed by atoms with Crippen molar-refractivity contribution in [2.45, 2.75) is 38.0 Å². The van der Waals surface area contributed by atoms with Crippen LogP contribution in [-0.4, -0.2) is 31.8 Å². The Morgan fingerprint density at radius 2 is 2.07 bits per heavy atom. The van der Waals surface area contributed by atoms with E-state index in [0.717, 1.165) is 12.0 Å². The van der Waals surface area contributed by atoms with E-state index in [9.17, 15) is 24.6 Å². The second-order valence-corrected chi connectivity index (χ2v) is 7.23. The summed E-state index contributed by atoms with van der Waals surface area (Å²) in [5.74, 6) is -2.12. The number of hydrogen-bond acceptors (Lipinski definition) is 6. The van der Waals surface area contributed by atoms with Crippen LogP contribution >= 0.6 is 0 Å². The van der Waals surface area contributed by atoms with Gasteiger partial charge < -0.3 is 20.3 Å². The molecule has 1 amide bonds. The van der Waals surface area contributed by atoms with Gasteiger partial charge in [0.1, 0.15) is 18.0 Å². The number of alkyl carbamates (subject to hydrolysis) is 1. The summed E-state index contributed by atoms with van der Waals surface area (Å²) in [5, 5.41) is 22.0. The zero-order valence-corrected chi connectivity index (χ0v) is 14.9. The highest BCUT2D eigenvalue weighted by Gasteiger charge is 2.49. The molecule has 9 heteroatoms. The van der Waals surface area contributed by atoms with Crippen LogP contribution in [0.4, 0.5) is 4.79 Å². The standard InChI is InChI=1S/C19H19N3O6/c23-14-13(16(25)26)20-17-19(7-6-12(8-19)9-22(17)15(14)24)21-18(27)28-10-11-4-2-1-3-5-11/h1-5,12,23H,6-10H2,(H,21,27)(H,25,26). The maximum atomic E-state index is 12.5. The van der Waals surface area contributed by atoms with Gasteiger partial charge in [-0.15, -0.1) is 0 Å². The summed E-state index contributed by atoms with van der Waals surface area (Å²) in [6.45, 7) is 0.416. The number of nitrogens with zero attached hydrogens (tertiary/aromatic N) is 2. The molecule has 2 unspecified atom stereocenters. The number of carbonyl (C=O) groups excluding carboxylic acids is 1. The summed E-state index contributed by atoms with van der Waals surface area (Å²) in [7, 11) is 0. The minimum Gasteiger partial charge on any atom is -0.501 e. The maximum absolute atomic E-state index is 12.5. The Hall–Kier alpha value is -3.36. The molecular formula is C19H19N3O6. The molecule has 3 N–H and O–H groups in total. The van der Waals surface area contributed by atoms with Crippen molar-refractivity contribution in [3.05, 3.63) is 57.8 Å². The molecule has 1 aliphatic heterocycles. The van der Waals surface area contributed by atoms with Gasteiger partial charge in [0.2, 0.25) is 5.75 Å². The van der Waals surface area contributed by atoms with Gasteiger partial charge in [-0.25, -0.2) is 14.6 Å². The Balaban J connectivity index is 1.63. The van der Waals surface area contributed by atoms with Crippen LogP contribution in [0.25, 0.3) is 0 Å². The quantitative estimate of drug-likeness (QED) is 0.728. The number of amides is 1. The molecule has 1 fully saturated rings. The fourth-order valence-corrected chi connectivity index (χ4v) is 4.12. The fourth-order valence-electron chi connectivity index (χ4n) is 4.12. The molecule has 2 aliphatic rings. The van der Waals surface area contributed by atoms with Crippen LogP contribution in [0.5, 0.6) is 5.75 Å². The van der Waals surface area contributed by atoms with Gasteiger partial charge in [0.15, 0.2) is 5.69 Å². The first-order valence-electron chi connectivity index (χ1n) is 8.96. The normalized spacial score (nSPS) is 22.4. The molecule has 4 rings (SSSR count). The lowest BCUT2D eigenvalue weighted by Crippen LogP contribution is -2.51. The number of ether oxygens (including phenoxy) is 1. The van der Waals surface area contributed by atoms with Gasteiger partial charge in [-0.05, 0) is 30.7 Å². The summed E-state index contributed by atoms with van der Waals surface area (Å²) in [5.41, 5.74) is -1.68. The van der Waals surface area contributed by atoms with Crippen LogP contribution in [0.3, 0.4) is 0 Å². The molecular weight excluding hydrogens is 366 g/mol. The van der Waals surface area contributed by atoms with Gasteiger partial charge >= 0.3 is 12.1 Å². The zero-order valence-electron chi connectivity index (χ0n) is 14.9. The van der Waals surface area contributed by atoms with E-state index in [-0.39, 0.29) is 18.3 Å². The molecule has 2 heterocycles. The van der Waals surface area contributed by atoms with Crippen LogP contribution in [-0.2, 0) is 23.4 Å². The third-order valence-electron chi connectivity index (χ3n) is 5.39. The molecule has 28 heavy (non-hydrogen) atoms. The molecule has 1 aromatic heterocycles. The number of aromatic hydroxyl groups is 1. The highest BCUT2D eigenvalue weighted by Crippen LogP contribution is 2.45. The van der Waals surface area contributed by atoms with E-state index in [4.69, 9.17) is 4.74 Å². The molecule has 2 aromatic rings. The molecule has 1 aromatic carbocycles. The van der Waals surface area contributed by atoms with Crippen molar-refractivity contribution in [3.63, 3.8) is 0 Å². The average molecular weight is 385 g/mol. The van der Waals surface area contributed by atoms with Gasteiger partial charge in [0, 0.05) is 6.54 Å². The Labute approximate surface area is 159 Å². The molecule has 1 aliphatic carbocycles. The second-order valence-electron chi connectivity index (χ2n) is 7.23. The van der Waals surface area contributed by atoms with Crippen molar-refractivity contribution in [2.24, 2.45) is 5.92 Å². The SMILES string of the molecule is O=C(NC12CCC(Cn3c1nc(C(=O)O)c(O)c3=O)C2)OCc1ccccc1. The smallest absolute Gasteiger partial charge is 0.408 e. The van der Waals surface area contributed by atoms with Crippen molar-refractivity contribution in [3.8, 4) is 5.75 Å². The lowest BCUT2D eigenvalue weighted by Gasteiger charge is -2.35. The van der Waals surface area contributed by atoms with Crippen molar-refractivity contribution >= 4 is 12.1 Å². The fraction of sp³-hybridized carbons (Fsp3) is 0.368.